The highest BCUT2D eigenvalue weighted by molar-refractivity contribution is 5.38. The molecule has 0 unspecified atom stereocenters. The molecule has 2 rings (SSSR count). The lowest BCUT2D eigenvalue weighted by molar-refractivity contribution is -0.0533. The lowest BCUT2D eigenvalue weighted by Gasteiger charge is -2.31. The van der Waals surface area contributed by atoms with Crippen molar-refractivity contribution < 1.29 is 14.6 Å². The summed E-state index contributed by atoms with van der Waals surface area (Å²) in [4.78, 5) is 2.33. The SMILES string of the molecule is Cc1cccc(OCCCN2CCO[C@@H](CO)C2)c1C. The molecular formula is C16H25NO3. The molecule has 1 aliphatic rings. The van der Waals surface area contributed by atoms with Gasteiger partial charge in [0.15, 0.2) is 0 Å². The highest BCUT2D eigenvalue weighted by Crippen LogP contribution is 2.20. The smallest absolute Gasteiger partial charge is 0.122 e. The predicted molar refractivity (Wildman–Crippen MR) is 79.3 cm³/mol. The fourth-order valence-corrected chi connectivity index (χ4v) is 2.44. The number of aliphatic hydroxyl groups is 1. The van der Waals surface area contributed by atoms with Crippen molar-refractivity contribution in [2.45, 2.75) is 26.4 Å². The van der Waals surface area contributed by atoms with Crippen molar-refractivity contribution >= 4 is 0 Å². The molecule has 0 radical (unpaired) electrons. The third-order valence-corrected chi connectivity index (χ3v) is 3.86. The Hall–Kier alpha value is -1.10. The lowest BCUT2D eigenvalue weighted by atomic mass is 10.1. The van der Waals surface area contributed by atoms with Crippen LogP contribution in [0.1, 0.15) is 17.5 Å². The molecule has 1 aromatic rings. The first kappa shape index (κ1) is 15.3. The summed E-state index contributed by atoms with van der Waals surface area (Å²) in [6.45, 7) is 8.50. The summed E-state index contributed by atoms with van der Waals surface area (Å²) in [5, 5.41) is 9.11. The zero-order valence-electron chi connectivity index (χ0n) is 12.5. The van der Waals surface area contributed by atoms with E-state index in [0.29, 0.717) is 6.61 Å². The standard InChI is InChI=1S/C16H25NO3/c1-13-5-3-6-16(14(13)2)20-9-4-7-17-8-10-19-15(11-17)12-18/h3,5-6,15,18H,4,7-12H2,1-2H3/t15-/m1/s1. The van der Waals surface area contributed by atoms with Crippen molar-refractivity contribution in [3.8, 4) is 5.75 Å². The van der Waals surface area contributed by atoms with Crippen molar-refractivity contribution in [2.24, 2.45) is 0 Å². The number of ether oxygens (including phenoxy) is 2. The van der Waals surface area contributed by atoms with E-state index >= 15 is 0 Å². The number of hydrogen-bond donors (Lipinski definition) is 1. The van der Waals surface area contributed by atoms with Gasteiger partial charge < -0.3 is 14.6 Å². The van der Waals surface area contributed by atoms with Crippen LogP contribution in [-0.4, -0.2) is 55.6 Å². The molecule has 0 bridgehead atoms. The second kappa shape index (κ2) is 7.62. The quantitative estimate of drug-likeness (QED) is 0.806. The maximum absolute atomic E-state index is 9.11. The third-order valence-electron chi connectivity index (χ3n) is 3.86. The molecular weight excluding hydrogens is 254 g/mol. The largest absolute Gasteiger partial charge is 0.493 e. The Bertz CT molecular complexity index is 422. The second-order valence-electron chi connectivity index (χ2n) is 5.38. The first-order valence-electron chi connectivity index (χ1n) is 7.34. The molecule has 1 N–H and O–H groups in total. The highest BCUT2D eigenvalue weighted by atomic mass is 16.5. The predicted octanol–water partition coefficient (Wildman–Crippen LogP) is 1.77. The van der Waals surface area contributed by atoms with Gasteiger partial charge in [0.1, 0.15) is 5.75 Å². The summed E-state index contributed by atoms with van der Waals surface area (Å²) >= 11 is 0. The monoisotopic (exact) mass is 279 g/mol. The number of benzene rings is 1. The second-order valence-corrected chi connectivity index (χ2v) is 5.38. The fourth-order valence-electron chi connectivity index (χ4n) is 2.44. The van der Waals surface area contributed by atoms with E-state index in [1.54, 1.807) is 0 Å². The summed E-state index contributed by atoms with van der Waals surface area (Å²) in [6.07, 6.45) is 0.967. The molecule has 20 heavy (non-hydrogen) atoms. The Morgan fingerprint density at radius 1 is 1.40 bits per heavy atom. The van der Waals surface area contributed by atoms with E-state index in [1.807, 2.05) is 12.1 Å². The van der Waals surface area contributed by atoms with Crippen molar-refractivity contribution in [1.82, 2.24) is 4.90 Å². The number of aryl methyl sites for hydroxylation is 1. The molecule has 1 atom stereocenters. The first-order valence-corrected chi connectivity index (χ1v) is 7.34. The van der Waals surface area contributed by atoms with Crippen LogP contribution >= 0.6 is 0 Å². The van der Waals surface area contributed by atoms with Crippen molar-refractivity contribution in [3.05, 3.63) is 29.3 Å². The molecule has 0 aromatic heterocycles. The molecule has 4 nitrogen and oxygen atoms in total. The van der Waals surface area contributed by atoms with Crippen molar-refractivity contribution in [2.75, 3.05) is 39.5 Å². The summed E-state index contributed by atoms with van der Waals surface area (Å²) in [5.41, 5.74) is 2.49. The van der Waals surface area contributed by atoms with E-state index in [0.717, 1.165) is 38.4 Å². The Labute approximate surface area is 121 Å². The van der Waals surface area contributed by atoms with Crippen LogP contribution in [0.25, 0.3) is 0 Å². The fraction of sp³-hybridized carbons (Fsp3) is 0.625. The Morgan fingerprint density at radius 2 is 2.25 bits per heavy atom. The Balaban J connectivity index is 1.70. The molecule has 1 aliphatic heterocycles. The summed E-state index contributed by atoms with van der Waals surface area (Å²) in [6, 6.07) is 6.16. The van der Waals surface area contributed by atoms with Gasteiger partial charge in [0.25, 0.3) is 0 Å². The third kappa shape index (κ3) is 4.20. The molecule has 0 aliphatic carbocycles. The van der Waals surface area contributed by atoms with E-state index in [2.05, 4.69) is 24.8 Å². The van der Waals surface area contributed by atoms with Crippen LogP contribution < -0.4 is 4.74 Å². The maximum atomic E-state index is 9.11. The van der Waals surface area contributed by atoms with E-state index in [9.17, 15) is 0 Å². The molecule has 1 aromatic carbocycles. The summed E-state index contributed by atoms with van der Waals surface area (Å²) in [5.74, 6) is 0.986. The lowest BCUT2D eigenvalue weighted by Crippen LogP contribution is -2.44. The molecule has 0 amide bonds. The average molecular weight is 279 g/mol. The Kier molecular flexibility index (Phi) is 5.83. The van der Waals surface area contributed by atoms with E-state index in [-0.39, 0.29) is 12.7 Å². The number of nitrogens with zero attached hydrogens (tertiary/aromatic N) is 1. The van der Waals surface area contributed by atoms with Crippen LogP contribution in [0, 0.1) is 13.8 Å². The van der Waals surface area contributed by atoms with Gasteiger partial charge in [0, 0.05) is 19.6 Å². The molecule has 0 spiro atoms. The first-order chi connectivity index (χ1) is 9.70. The van der Waals surface area contributed by atoms with E-state index in [4.69, 9.17) is 14.6 Å². The van der Waals surface area contributed by atoms with Crippen LogP contribution in [0.4, 0.5) is 0 Å². The number of aliphatic hydroxyl groups excluding tert-OH is 1. The van der Waals surface area contributed by atoms with E-state index in [1.165, 1.54) is 11.1 Å². The van der Waals surface area contributed by atoms with Gasteiger partial charge in [0.2, 0.25) is 0 Å². The minimum Gasteiger partial charge on any atom is -0.493 e. The normalized spacial score (nSPS) is 20.1. The van der Waals surface area contributed by atoms with Crippen LogP contribution in [0.2, 0.25) is 0 Å². The summed E-state index contributed by atoms with van der Waals surface area (Å²) < 4.78 is 11.3. The molecule has 1 heterocycles. The zero-order chi connectivity index (χ0) is 14.4. The van der Waals surface area contributed by atoms with Gasteiger partial charge in [-0.3, -0.25) is 4.90 Å². The van der Waals surface area contributed by atoms with Gasteiger partial charge in [-0.2, -0.15) is 0 Å². The number of rotatable bonds is 6. The molecule has 0 saturated carbocycles. The Morgan fingerprint density at radius 3 is 3.05 bits per heavy atom. The molecule has 1 saturated heterocycles. The molecule has 1 fully saturated rings. The maximum Gasteiger partial charge on any atom is 0.122 e. The van der Waals surface area contributed by atoms with Gasteiger partial charge in [-0.05, 0) is 37.5 Å². The number of morpholine rings is 1. The van der Waals surface area contributed by atoms with E-state index < -0.39 is 0 Å². The zero-order valence-corrected chi connectivity index (χ0v) is 12.5. The van der Waals surface area contributed by atoms with Gasteiger partial charge in [-0.15, -0.1) is 0 Å². The minimum atomic E-state index is -0.0244. The topological polar surface area (TPSA) is 41.9 Å². The van der Waals surface area contributed by atoms with Crippen LogP contribution in [0.3, 0.4) is 0 Å². The van der Waals surface area contributed by atoms with Crippen LogP contribution in [0.15, 0.2) is 18.2 Å². The highest BCUT2D eigenvalue weighted by Gasteiger charge is 2.18. The van der Waals surface area contributed by atoms with Crippen LogP contribution in [-0.2, 0) is 4.74 Å². The van der Waals surface area contributed by atoms with Gasteiger partial charge in [-0.1, -0.05) is 12.1 Å². The average Bonchev–Trinajstić information content (AvgIpc) is 2.48. The van der Waals surface area contributed by atoms with Crippen molar-refractivity contribution in [3.63, 3.8) is 0 Å². The van der Waals surface area contributed by atoms with Gasteiger partial charge in [-0.25, -0.2) is 0 Å². The van der Waals surface area contributed by atoms with Crippen LogP contribution in [0.5, 0.6) is 5.75 Å². The summed E-state index contributed by atoms with van der Waals surface area (Å²) in [7, 11) is 0. The molecule has 4 heteroatoms. The van der Waals surface area contributed by atoms with Gasteiger partial charge >= 0.3 is 0 Å². The minimum absolute atomic E-state index is 0.0244. The number of hydrogen-bond acceptors (Lipinski definition) is 4. The van der Waals surface area contributed by atoms with Gasteiger partial charge in [0.05, 0.1) is 25.9 Å². The molecule has 112 valence electrons. The van der Waals surface area contributed by atoms with Crippen molar-refractivity contribution in [1.29, 1.82) is 0 Å².